The normalized spacial score (nSPS) is 12.3. The van der Waals surface area contributed by atoms with Gasteiger partial charge >= 0.3 is 42.3 Å². The number of carbonyl (C=O) groups is 2. The summed E-state index contributed by atoms with van der Waals surface area (Å²) in [6.45, 7) is 19.3. The minimum atomic E-state index is -0.622. The van der Waals surface area contributed by atoms with Crippen molar-refractivity contribution >= 4 is 54.1 Å². The first-order chi connectivity index (χ1) is 41.3. The Morgan fingerprint density at radius 3 is 0.965 bits per heavy atom. The molecule has 1 atom stereocenters. The van der Waals surface area contributed by atoms with Crippen LogP contribution in [0.2, 0.25) is 40.9 Å². The molecule has 86 heavy (non-hydrogen) atoms. The molecule has 0 spiro atoms. The van der Waals surface area contributed by atoms with Gasteiger partial charge in [-0.1, -0.05) is 141 Å². The number of hydrogen-bond acceptors (Lipinski definition) is 17. The van der Waals surface area contributed by atoms with Gasteiger partial charge in [-0.3, -0.25) is 14.8 Å². The van der Waals surface area contributed by atoms with Gasteiger partial charge in [0.2, 0.25) is 11.8 Å². The van der Waals surface area contributed by atoms with E-state index in [1.807, 2.05) is 37.4 Å². The van der Waals surface area contributed by atoms with Crippen LogP contribution in [-0.2, 0) is 14.5 Å². The van der Waals surface area contributed by atoms with E-state index in [1.165, 1.54) is 109 Å². The van der Waals surface area contributed by atoms with Crippen LogP contribution in [-0.4, -0.2) is 229 Å². The number of hydrogen-bond donors (Lipinski definition) is 10. The molecule has 0 saturated heterocycles. The van der Waals surface area contributed by atoms with E-state index in [0.717, 1.165) is 155 Å². The third kappa shape index (κ3) is 51.4. The van der Waals surface area contributed by atoms with Crippen LogP contribution in [0.5, 0.6) is 0 Å². The fourth-order valence-corrected chi connectivity index (χ4v) is 11.4. The molecule has 0 rings (SSSR count). The number of rotatable bonds is 65. The second kappa shape index (κ2) is 58.8. The van der Waals surface area contributed by atoms with Crippen molar-refractivity contribution in [3.63, 3.8) is 0 Å². The number of unbranched alkanes of at least 4 members (excludes halogenated alkanes) is 25. The SMILES string of the molecule is CB(O)N(C)CCCN(CCCCN(CC(CCCCCCNC(=O)CCCCCCCCCCCCCCCCCCCCCCCNC(=O)CCC[C@@H](CO)OO)CN(CCCCN(CCCN(C)B(C)O)B(C)O)B(C)O)B(C)O)B(C)O. The van der Waals surface area contributed by atoms with Crippen LogP contribution < -0.4 is 10.6 Å². The zero-order valence-corrected chi connectivity index (χ0v) is 56.8. The van der Waals surface area contributed by atoms with Crippen molar-refractivity contribution < 1.29 is 55.0 Å². The Balaban J connectivity index is 4.51. The summed E-state index contributed by atoms with van der Waals surface area (Å²) in [5.41, 5.74) is 0. The molecule has 0 unspecified atom stereocenters. The Hall–Kier alpha value is -1.27. The Kier molecular flexibility index (Phi) is 57.9. The first-order valence-electron chi connectivity index (χ1n) is 35.2. The molecule has 0 aliphatic carbocycles. The molecule has 0 aromatic carbocycles. The molecule has 25 heteroatoms. The van der Waals surface area contributed by atoms with Gasteiger partial charge in [0, 0.05) is 25.9 Å². The maximum absolute atomic E-state index is 12.7. The fourth-order valence-electron chi connectivity index (χ4n) is 11.4. The molecule has 2 amide bonds. The number of aliphatic hydroxyl groups excluding tert-OH is 1. The molecular weight excluding hydrogens is 1090 g/mol. The first kappa shape index (κ1) is 84.7. The number of aliphatic hydroxyl groups is 1. The van der Waals surface area contributed by atoms with Crippen LogP contribution in [0.4, 0.5) is 0 Å². The second-order valence-electron chi connectivity index (χ2n) is 25.7. The van der Waals surface area contributed by atoms with Crippen molar-refractivity contribution in [3.8, 4) is 0 Å². The van der Waals surface area contributed by atoms with Crippen molar-refractivity contribution in [2.45, 2.75) is 278 Å². The van der Waals surface area contributed by atoms with E-state index < -0.39 is 48.4 Å². The highest BCUT2D eigenvalue weighted by atomic mass is 17.1. The molecule has 0 fully saturated rings. The standard InChI is InChI=1S/C61H134B6N8O11/c1-62(79)70(7)47-39-53-72(64(3)81)49-34-36-51-74(66(5)83)55-58(56-75(67(6)84)52-37-35-50-73(65(4)82)54-40-48-71(8)63(2)80)41-30-27-29-33-46-68-60(77)43-31-26-24-22-20-18-16-14-12-10-9-11-13-15-17-19-21-23-25-28-32-45-69-61(78)44-38-42-59(57-76)86-85/h58-59,76,79-85H,9-57H2,1-8H3,(H,68,77)(H,69,78)/t59-/m0/s1. The van der Waals surface area contributed by atoms with E-state index >= 15 is 0 Å². The molecule has 0 bridgehead atoms. The summed E-state index contributed by atoms with van der Waals surface area (Å²) in [4.78, 5) is 41.0. The minimum absolute atomic E-state index is 0.0236. The average molecular weight is 1220 g/mol. The lowest BCUT2D eigenvalue weighted by molar-refractivity contribution is -0.286. The minimum Gasteiger partial charge on any atom is -0.437 e. The van der Waals surface area contributed by atoms with E-state index in [4.69, 9.17) is 10.4 Å². The smallest absolute Gasteiger partial charge is 0.376 e. The Morgan fingerprint density at radius 1 is 0.360 bits per heavy atom. The Labute approximate surface area is 529 Å². The molecule has 10 N–H and O–H groups in total. The number of nitrogens with zero attached hydrogens (tertiary/aromatic N) is 6. The number of nitrogens with one attached hydrogen (secondary N) is 2. The van der Waals surface area contributed by atoms with Crippen LogP contribution in [0.1, 0.15) is 231 Å². The predicted molar refractivity (Wildman–Crippen MR) is 365 cm³/mol. The molecule has 0 aromatic rings. The molecule has 0 radical (unpaired) electrons. The van der Waals surface area contributed by atoms with Crippen LogP contribution in [0.3, 0.4) is 0 Å². The zero-order chi connectivity index (χ0) is 64.0. The molecule has 0 saturated carbocycles. The molecule has 19 nitrogen and oxygen atoms in total. The highest BCUT2D eigenvalue weighted by Gasteiger charge is 2.26. The molecule has 0 heterocycles. The van der Waals surface area contributed by atoms with Crippen molar-refractivity contribution in [3.05, 3.63) is 0 Å². The fraction of sp³-hybridized carbons (Fsp3) is 0.967. The Morgan fingerprint density at radius 2 is 0.651 bits per heavy atom. The van der Waals surface area contributed by atoms with Gasteiger partial charge in [0.15, 0.2) is 0 Å². The van der Waals surface area contributed by atoms with Crippen molar-refractivity contribution in [2.75, 3.05) is 99.2 Å². The van der Waals surface area contributed by atoms with Gasteiger partial charge in [-0.2, -0.15) is 0 Å². The van der Waals surface area contributed by atoms with Crippen molar-refractivity contribution in [1.29, 1.82) is 0 Å². The van der Waals surface area contributed by atoms with Crippen LogP contribution in [0.15, 0.2) is 0 Å². The monoisotopic (exact) mass is 1220 g/mol. The number of amides is 2. The van der Waals surface area contributed by atoms with Gasteiger partial charge in [-0.25, -0.2) is 4.89 Å². The van der Waals surface area contributed by atoms with Crippen LogP contribution >= 0.6 is 0 Å². The molecule has 0 aliphatic rings. The summed E-state index contributed by atoms with van der Waals surface area (Å²) >= 11 is 0. The lowest BCUT2D eigenvalue weighted by Gasteiger charge is -2.33. The van der Waals surface area contributed by atoms with Crippen molar-refractivity contribution in [1.82, 2.24) is 39.5 Å². The summed E-state index contributed by atoms with van der Waals surface area (Å²) in [6, 6.07) is 0. The molecule has 502 valence electrons. The largest absolute Gasteiger partial charge is 0.437 e. The molecular formula is C61H134B6N8O11. The van der Waals surface area contributed by atoms with E-state index in [1.54, 1.807) is 27.3 Å². The van der Waals surface area contributed by atoms with E-state index in [2.05, 4.69) is 34.8 Å². The van der Waals surface area contributed by atoms with E-state index in [0.29, 0.717) is 45.3 Å². The first-order valence-corrected chi connectivity index (χ1v) is 35.2. The third-order valence-corrected chi connectivity index (χ3v) is 17.6. The van der Waals surface area contributed by atoms with Crippen LogP contribution in [0.25, 0.3) is 0 Å². The van der Waals surface area contributed by atoms with Gasteiger partial charge in [0.05, 0.1) is 6.61 Å². The molecule has 0 aromatic heterocycles. The predicted octanol–water partition coefficient (Wildman–Crippen LogP) is 8.46. The maximum Gasteiger partial charge on any atom is 0.376 e. The summed E-state index contributed by atoms with van der Waals surface area (Å²) < 4.78 is 0. The quantitative estimate of drug-likeness (QED) is 0.0119. The van der Waals surface area contributed by atoms with Gasteiger partial charge in [-0.05, 0) is 203 Å². The van der Waals surface area contributed by atoms with Crippen LogP contribution in [0, 0.1) is 5.92 Å². The highest BCUT2D eigenvalue weighted by molar-refractivity contribution is 6.46. The van der Waals surface area contributed by atoms with Crippen molar-refractivity contribution in [2.24, 2.45) is 5.92 Å². The van der Waals surface area contributed by atoms with Gasteiger partial charge < -0.3 is 74.7 Å². The lowest BCUT2D eigenvalue weighted by atomic mass is 9.80. The second-order valence-corrected chi connectivity index (χ2v) is 25.7. The van der Waals surface area contributed by atoms with Gasteiger partial charge in [0.1, 0.15) is 6.10 Å². The zero-order valence-electron chi connectivity index (χ0n) is 56.8. The molecule has 0 aliphatic heterocycles. The summed E-state index contributed by atoms with van der Waals surface area (Å²) in [7, 11) is 0.414. The Bertz CT molecular complexity index is 1460. The lowest BCUT2D eigenvalue weighted by Crippen LogP contribution is -2.47. The summed E-state index contributed by atoms with van der Waals surface area (Å²) in [5, 5.41) is 86.5. The van der Waals surface area contributed by atoms with E-state index in [9.17, 15) is 39.7 Å². The van der Waals surface area contributed by atoms with E-state index in [-0.39, 0.29) is 24.3 Å². The maximum atomic E-state index is 12.7. The number of carbonyl (C=O) groups excluding carboxylic acids is 2. The highest BCUT2D eigenvalue weighted by Crippen LogP contribution is 2.19. The average Bonchev–Trinajstić information content (AvgIpc) is 3.68. The van der Waals surface area contributed by atoms with Gasteiger partial charge in [-0.15, -0.1) is 0 Å². The topological polar surface area (TPSA) is 249 Å². The summed E-state index contributed by atoms with van der Waals surface area (Å²) in [6.07, 6.45) is 38.4. The third-order valence-electron chi connectivity index (χ3n) is 17.6. The van der Waals surface area contributed by atoms with Gasteiger partial charge in [0.25, 0.3) is 0 Å². The summed E-state index contributed by atoms with van der Waals surface area (Å²) in [5.74, 6) is 0.415.